The van der Waals surface area contributed by atoms with Crippen molar-refractivity contribution in [2.24, 2.45) is 0 Å². The third kappa shape index (κ3) is 4.95. The molecule has 1 amide bonds. The number of alkyl halides is 3. The average Bonchev–Trinajstić information content (AvgIpc) is 2.68. The first-order valence-electron chi connectivity index (χ1n) is 8.94. The number of anilines is 2. The predicted octanol–water partition coefficient (Wildman–Crippen LogP) is 4.21. The average molecular weight is 393 g/mol. The van der Waals surface area contributed by atoms with Gasteiger partial charge in [-0.2, -0.15) is 13.2 Å². The highest BCUT2D eigenvalue weighted by Crippen LogP contribution is 2.36. The highest BCUT2D eigenvalue weighted by Gasteiger charge is 2.32. The number of nitrogens with one attached hydrogen (secondary N) is 1. The van der Waals surface area contributed by atoms with Crippen molar-refractivity contribution in [1.82, 2.24) is 4.90 Å². The van der Waals surface area contributed by atoms with Crippen LogP contribution in [0.25, 0.3) is 0 Å². The van der Waals surface area contributed by atoms with Gasteiger partial charge in [-0.3, -0.25) is 10.2 Å². The predicted molar refractivity (Wildman–Crippen MR) is 101 cm³/mol. The van der Waals surface area contributed by atoms with Crippen molar-refractivity contribution in [3.63, 3.8) is 0 Å². The molecule has 0 aromatic heterocycles. The number of benzene rings is 2. The van der Waals surface area contributed by atoms with Gasteiger partial charge in [-0.25, -0.2) is 4.79 Å². The number of piperazine rings is 1. The summed E-state index contributed by atoms with van der Waals surface area (Å²) >= 11 is 0. The molecule has 0 aliphatic carbocycles. The topological polar surface area (TPSA) is 44.8 Å². The third-order valence-electron chi connectivity index (χ3n) is 4.71. The van der Waals surface area contributed by atoms with E-state index in [4.69, 9.17) is 0 Å². The summed E-state index contributed by atoms with van der Waals surface area (Å²) in [6.45, 7) is 3.66. The van der Waals surface area contributed by atoms with Crippen LogP contribution in [0.3, 0.4) is 0 Å². The summed E-state index contributed by atoms with van der Waals surface area (Å²) in [5, 5.41) is 2.40. The van der Waals surface area contributed by atoms with Crippen molar-refractivity contribution in [2.45, 2.75) is 12.7 Å². The second kappa shape index (κ2) is 8.52. The number of methoxy groups -OCH3 is 1. The van der Waals surface area contributed by atoms with Gasteiger partial charge in [0.15, 0.2) is 0 Å². The molecule has 150 valence electrons. The van der Waals surface area contributed by atoms with E-state index in [9.17, 15) is 18.0 Å². The molecule has 0 bridgehead atoms. The molecule has 1 aliphatic heterocycles. The first kappa shape index (κ1) is 20.0. The lowest BCUT2D eigenvalue weighted by atomic mass is 10.1. The zero-order valence-corrected chi connectivity index (χ0v) is 15.5. The largest absolute Gasteiger partial charge is 0.453 e. The number of halogens is 3. The lowest BCUT2D eigenvalue weighted by molar-refractivity contribution is -0.137. The molecule has 1 aliphatic rings. The fraction of sp³-hybridized carbons (Fsp3) is 0.350. The van der Waals surface area contributed by atoms with Crippen molar-refractivity contribution >= 4 is 17.5 Å². The summed E-state index contributed by atoms with van der Waals surface area (Å²) < 4.78 is 43.7. The van der Waals surface area contributed by atoms with Gasteiger partial charge in [-0.15, -0.1) is 0 Å². The standard InChI is InChI=1S/C20H22F3N3O2/c1-28-19(27)24-17-13-16(20(21,22)23)7-8-18(17)26-11-9-25(10-12-26)14-15-5-3-2-4-6-15/h2-8,13H,9-12,14H2,1H3,(H,24,27). The third-order valence-corrected chi connectivity index (χ3v) is 4.71. The van der Waals surface area contributed by atoms with Crippen LogP contribution >= 0.6 is 0 Å². The number of ether oxygens (including phenoxy) is 1. The minimum Gasteiger partial charge on any atom is -0.453 e. The van der Waals surface area contributed by atoms with E-state index < -0.39 is 17.8 Å². The fourth-order valence-electron chi connectivity index (χ4n) is 3.24. The summed E-state index contributed by atoms with van der Waals surface area (Å²) in [5.74, 6) is 0. The second-order valence-electron chi connectivity index (χ2n) is 6.60. The Morgan fingerprint density at radius 2 is 1.75 bits per heavy atom. The molecule has 1 fully saturated rings. The molecule has 0 atom stereocenters. The van der Waals surface area contributed by atoms with Crippen molar-refractivity contribution in [1.29, 1.82) is 0 Å². The van der Waals surface area contributed by atoms with Crippen LogP contribution < -0.4 is 10.2 Å². The van der Waals surface area contributed by atoms with Gasteiger partial charge in [0.05, 0.1) is 24.0 Å². The highest BCUT2D eigenvalue weighted by atomic mass is 19.4. The molecule has 3 rings (SSSR count). The minimum atomic E-state index is -4.49. The Labute approximate surface area is 161 Å². The van der Waals surface area contributed by atoms with Gasteiger partial charge in [-0.1, -0.05) is 30.3 Å². The van der Waals surface area contributed by atoms with Crippen molar-refractivity contribution in [3.05, 3.63) is 59.7 Å². The second-order valence-corrected chi connectivity index (χ2v) is 6.60. The molecule has 1 saturated heterocycles. The number of carbonyl (C=O) groups excluding carboxylic acids is 1. The molecule has 5 nitrogen and oxygen atoms in total. The normalized spacial score (nSPS) is 15.4. The number of hydrogen-bond acceptors (Lipinski definition) is 4. The Bertz CT molecular complexity index is 804. The molecule has 0 spiro atoms. The van der Waals surface area contributed by atoms with Crippen LogP contribution in [0.1, 0.15) is 11.1 Å². The lowest BCUT2D eigenvalue weighted by Gasteiger charge is -2.37. The summed E-state index contributed by atoms with van der Waals surface area (Å²) in [6.07, 6.45) is -5.29. The van der Waals surface area contributed by atoms with Gasteiger partial charge in [0, 0.05) is 32.7 Å². The van der Waals surface area contributed by atoms with Gasteiger partial charge in [0.1, 0.15) is 0 Å². The highest BCUT2D eigenvalue weighted by molar-refractivity contribution is 5.90. The van der Waals surface area contributed by atoms with E-state index in [1.807, 2.05) is 23.1 Å². The summed E-state index contributed by atoms with van der Waals surface area (Å²) in [6, 6.07) is 13.5. The van der Waals surface area contributed by atoms with Crippen LogP contribution in [0.4, 0.5) is 29.3 Å². The van der Waals surface area contributed by atoms with Crippen molar-refractivity contribution in [2.75, 3.05) is 43.5 Å². The Hall–Kier alpha value is -2.74. The molecule has 28 heavy (non-hydrogen) atoms. The summed E-state index contributed by atoms with van der Waals surface area (Å²) in [5.41, 5.74) is 1.06. The minimum absolute atomic E-state index is 0.0955. The molecule has 1 heterocycles. The van der Waals surface area contributed by atoms with E-state index in [-0.39, 0.29) is 5.69 Å². The van der Waals surface area contributed by atoms with Crippen LogP contribution in [0.2, 0.25) is 0 Å². The maximum Gasteiger partial charge on any atom is 0.416 e. The number of carbonyl (C=O) groups is 1. The Morgan fingerprint density at radius 1 is 1.07 bits per heavy atom. The van der Waals surface area contributed by atoms with Gasteiger partial charge in [0.25, 0.3) is 0 Å². The lowest BCUT2D eigenvalue weighted by Crippen LogP contribution is -2.46. The molecular weight excluding hydrogens is 371 g/mol. The zero-order valence-electron chi connectivity index (χ0n) is 15.5. The quantitative estimate of drug-likeness (QED) is 0.846. The fourth-order valence-corrected chi connectivity index (χ4v) is 3.24. The number of nitrogens with zero attached hydrogens (tertiary/aromatic N) is 2. The SMILES string of the molecule is COC(=O)Nc1cc(C(F)(F)F)ccc1N1CCN(Cc2ccccc2)CC1. The first-order chi connectivity index (χ1) is 13.4. The molecule has 8 heteroatoms. The van der Waals surface area contributed by atoms with Crippen molar-refractivity contribution < 1.29 is 22.7 Å². The molecular formula is C20H22F3N3O2. The van der Waals surface area contributed by atoms with Gasteiger partial charge < -0.3 is 9.64 Å². The summed E-state index contributed by atoms with van der Waals surface area (Å²) in [7, 11) is 1.17. The molecule has 2 aromatic carbocycles. The van der Waals surface area contributed by atoms with Crippen LogP contribution in [0, 0.1) is 0 Å². The number of amides is 1. The maximum absolute atomic E-state index is 13.1. The van der Waals surface area contributed by atoms with Gasteiger partial charge in [0.2, 0.25) is 0 Å². The van der Waals surface area contributed by atoms with E-state index in [1.54, 1.807) is 0 Å². The van der Waals surface area contributed by atoms with Crippen molar-refractivity contribution in [3.8, 4) is 0 Å². The number of rotatable bonds is 4. The van der Waals surface area contributed by atoms with E-state index in [2.05, 4.69) is 27.1 Å². The monoisotopic (exact) mass is 393 g/mol. The molecule has 0 radical (unpaired) electrons. The van der Waals surface area contributed by atoms with Crippen LogP contribution in [-0.2, 0) is 17.5 Å². The molecule has 0 saturated carbocycles. The molecule has 0 unspecified atom stereocenters. The number of hydrogen-bond donors (Lipinski definition) is 1. The van der Waals surface area contributed by atoms with Crippen LogP contribution in [0.5, 0.6) is 0 Å². The van der Waals surface area contributed by atoms with Crippen LogP contribution in [-0.4, -0.2) is 44.3 Å². The van der Waals surface area contributed by atoms with Gasteiger partial charge in [-0.05, 0) is 23.8 Å². The Morgan fingerprint density at radius 3 is 2.36 bits per heavy atom. The van der Waals surface area contributed by atoms with E-state index in [0.717, 1.165) is 31.8 Å². The first-order valence-corrected chi connectivity index (χ1v) is 8.94. The molecule has 2 aromatic rings. The van der Waals surface area contributed by atoms with Crippen LogP contribution in [0.15, 0.2) is 48.5 Å². The maximum atomic E-state index is 13.1. The Kier molecular flexibility index (Phi) is 6.08. The smallest absolute Gasteiger partial charge is 0.416 e. The van der Waals surface area contributed by atoms with E-state index in [1.165, 1.54) is 18.7 Å². The Balaban J connectivity index is 1.73. The summed E-state index contributed by atoms with van der Waals surface area (Å²) in [4.78, 5) is 15.9. The zero-order chi connectivity index (χ0) is 20.1. The van der Waals surface area contributed by atoms with Gasteiger partial charge >= 0.3 is 12.3 Å². The van der Waals surface area contributed by atoms with E-state index >= 15 is 0 Å². The van der Waals surface area contributed by atoms with E-state index in [0.29, 0.717) is 18.8 Å². The molecule has 1 N–H and O–H groups in total.